The zero-order chi connectivity index (χ0) is 13.7. The molecule has 10 heteroatoms. The standard InChI is InChI=1S/C7H8F6O4/c1-4(15-2-6(8,9)10)5(14)17-16-3-7(11,12)13/h4H,2-3H2,1H3. The molecule has 0 aromatic rings. The molecule has 102 valence electrons. The fourth-order valence-corrected chi connectivity index (χ4v) is 0.510. The van der Waals surface area contributed by atoms with E-state index in [0.717, 1.165) is 6.92 Å². The molecular formula is C7H8F6O4. The van der Waals surface area contributed by atoms with Crippen molar-refractivity contribution in [2.45, 2.75) is 25.4 Å². The quantitative estimate of drug-likeness (QED) is 0.435. The Morgan fingerprint density at radius 1 is 1.06 bits per heavy atom. The van der Waals surface area contributed by atoms with Crippen molar-refractivity contribution in [1.29, 1.82) is 0 Å². The lowest BCUT2D eigenvalue weighted by Gasteiger charge is -2.13. The van der Waals surface area contributed by atoms with Crippen LogP contribution in [0.3, 0.4) is 0 Å². The molecule has 1 atom stereocenters. The first-order valence-corrected chi connectivity index (χ1v) is 4.09. The molecule has 0 spiro atoms. The maximum Gasteiger partial charge on any atom is 0.415 e. The average Bonchev–Trinajstić information content (AvgIpc) is 2.10. The summed E-state index contributed by atoms with van der Waals surface area (Å²) in [5, 5.41) is 0. The molecule has 0 N–H and O–H groups in total. The summed E-state index contributed by atoms with van der Waals surface area (Å²) in [5.74, 6) is -1.49. The van der Waals surface area contributed by atoms with Crippen LogP contribution >= 0.6 is 0 Å². The highest BCUT2D eigenvalue weighted by Gasteiger charge is 2.32. The van der Waals surface area contributed by atoms with Gasteiger partial charge in [0.15, 0.2) is 12.7 Å². The zero-order valence-corrected chi connectivity index (χ0v) is 8.39. The SMILES string of the molecule is CC(OCC(F)(F)F)C(=O)OOCC(F)(F)F. The lowest BCUT2D eigenvalue weighted by Crippen LogP contribution is -2.29. The Hall–Kier alpha value is -1.03. The van der Waals surface area contributed by atoms with E-state index in [9.17, 15) is 31.1 Å². The van der Waals surface area contributed by atoms with Gasteiger partial charge in [0.05, 0.1) is 0 Å². The van der Waals surface area contributed by atoms with Crippen molar-refractivity contribution in [3.05, 3.63) is 0 Å². The smallest absolute Gasteiger partial charge is 0.357 e. The van der Waals surface area contributed by atoms with Gasteiger partial charge >= 0.3 is 18.3 Å². The molecule has 0 heterocycles. The van der Waals surface area contributed by atoms with Gasteiger partial charge in [-0.2, -0.15) is 31.2 Å². The number of carbonyl (C=O) groups excluding carboxylic acids is 1. The summed E-state index contributed by atoms with van der Waals surface area (Å²) in [6.45, 7) is -2.70. The molecule has 0 saturated heterocycles. The van der Waals surface area contributed by atoms with E-state index in [1.165, 1.54) is 0 Å². The van der Waals surface area contributed by atoms with Crippen LogP contribution in [0.2, 0.25) is 0 Å². The molecule has 0 aliphatic carbocycles. The summed E-state index contributed by atoms with van der Waals surface area (Å²) in [4.78, 5) is 17.8. The summed E-state index contributed by atoms with van der Waals surface area (Å²) < 4.78 is 73.4. The molecule has 1 unspecified atom stereocenters. The molecule has 0 bridgehead atoms. The Kier molecular flexibility index (Phi) is 5.69. The van der Waals surface area contributed by atoms with Gasteiger partial charge in [-0.05, 0) is 6.92 Å². The molecule has 0 fully saturated rings. The van der Waals surface area contributed by atoms with Gasteiger partial charge < -0.3 is 4.74 Å². The Balaban J connectivity index is 3.83. The highest BCUT2D eigenvalue weighted by molar-refractivity contribution is 5.73. The van der Waals surface area contributed by atoms with Crippen LogP contribution in [-0.2, 0) is 19.3 Å². The number of hydrogen-bond donors (Lipinski definition) is 0. The van der Waals surface area contributed by atoms with Crippen molar-refractivity contribution in [3.8, 4) is 0 Å². The molecular weight excluding hydrogens is 262 g/mol. The maximum absolute atomic E-state index is 11.6. The number of hydrogen-bond acceptors (Lipinski definition) is 4. The third kappa shape index (κ3) is 9.87. The lowest BCUT2D eigenvalue weighted by molar-refractivity contribution is -0.322. The number of halogens is 6. The third-order valence-electron chi connectivity index (χ3n) is 1.19. The molecule has 0 saturated carbocycles. The second-order valence-electron chi connectivity index (χ2n) is 2.85. The molecule has 0 aliphatic heterocycles. The van der Waals surface area contributed by atoms with Crippen LogP contribution in [-0.4, -0.2) is 37.6 Å². The minimum atomic E-state index is -4.71. The molecule has 0 aromatic heterocycles. The molecule has 0 aromatic carbocycles. The van der Waals surface area contributed by atoms with Crippen LogP contribution in [0.25, 0.3) is 0 Å². The van der Waals surface area contributed by atoms with Crippen molar-refractivity contribution in [3.63, 3.8) is 0 Å². The van der Waals surface area contributed by atoms with Crippen molar-refractivity contribution in [2.75, 3.05) is 13.2 Å². The second-order valence-corrected chi connectivity index (χ2v) is 2.85. The van der Waals surface area contributed by atoms with E-state index in [-0.39, 0.29) is 0 Å². The first kappa shape index (κ1) is 16.0. The van der Waals surface area contributed by atoms with Crippen LogP contribution in [0.15, 0.2) is 0 Å². The number of carbonyl (C=O) groups is 1. The van der Waals surface area contributed by atoms with Gasteiger partial charge in [0.2, 0.25) is 0 Å². The van der Waals surface area contributed by atoms with E-state index in [0.29, 0.717) is 0 Å². The largest absolute Gasteiger partial charge is 0.415 e. The Morgan fingerprint density at radius 2 is 1.53 bits per heavy atom. The summed E-state index contributed by atoms with van der Waals surface area (Å²) in [5.41, 5.74) is 0. The Labute approximate surface area is 91.4 Å². The zero-order valence-electron chi connectivity index (χ0n) is 8.39. The fourth-order valence-electron chi connectivity index (χ4n) is 0.510. The number of ether oxygens (including phenoxy) is 1. The highest BCUT2D eigenvalue weighted by atomic mass is 19.4. The second kappa shape index (κ2) is 6.05. The van der Waals surface area contributed by atoms with E-state index in [1.807, 2.05) is 0 Å². The summed E-state index contributed by atoms with van der Waals surface area (Å²) in [6, 6.07) is 0. The summed E-state index contributed by atoms with van der Waals surface area (Å²) >= 11 is 0. The van der Waals surface area contributed by atoms with Gasteiger partial charge in [0.1, 0.15) is 6.61 Å². The normalized spacial score (nSPS) is 14.5. The molecule has 0 radical (unpaired) electrons. The van der Waals surface area contributed by atoms with Crippen LogP contribution in [0, 0.1) is 0 Å². The monoisotopic (exact) mass is 270 g/mol. The van der Waals surface area contributed by atoms with E-state index in [1.54, 1.807) is 0 Å². The minimum absolute atomic E-state index is 0.880. The minimum Gasteiger partial charge on any atom is -0.357 e. The van der Waals surface area contributed by atoms with Gasteiger partial charge in [0, 0.05) is 0 Å². The third-order valence-corrected chi connectivity index (χ3v) is 1.19. The van der Waals surface area contributed by atoms with Gasteiger partial charge in [-0.1, -0.05) is 0 Å². The highest BCUT2D eigenvalue weighted by Crippen LogP contribution is 2.16. The van der Waals surface area contributed by atoms with Gasteiger partial charge in [-0.3, -0.25) is 4.89 Å². The van der Waals surface area contributed by atoms with Crippen molar-refractivity contribution < 1.29 is 45.6 Å². The van der Waals surface area contributed by atoms with Gasteiger partial charge in [0.25, 0.3) is 0 Å². The predicted octanol–water partition coefficient (Wildman–Crippen LogP) is 1.99. The molecule has 4 nitrogen and oxygen atoms in total. The van der Waals surface area contributed by atoms with E-state index >= 15 is 0 Å². The first-order valence-electron chi connectivity index (χ1n) is 4.09. The Bertz CT molecular complexity index is 248. The maximum atomic E-state index is 11.6. The van der Waals surface area contributed by atoms with Crippen LogP contribution < -0.4 is 0 Å². The van der Waals surface area contributed by atoms with E-state index in [4.69, 9.17) is 0 Å². The van der Waals surface area contributed by atoms with Crippen LogP contribution in [0.5, 0.6) is 0 Å². The molecule has 0 aliphatic rings. The topological polar surface area (TPSA) is 44.8 Å². The fraction of sp³-hybridized carbons (Fsp3) is 0.857. The van der Waals surface area contributed by atoms with E-state index in [2.05, 4.69) is 14.5 Å². The van der Waals surface area contributed by atoms with E-state index < -0.39 is 37.6 Å². The van der Waals surface area contributed by atoms with Gasteiger partial charge in [-0.15, -0.1) is 0 Å². The average molecular weight is 270 g/mol. The molecule has 17 heavy (non-hydrogen) atoms. The van der Waals surface area contributed by atoms with Crippen molar-refractivity contribution in [1.82, 2.24) is 0 Å². The summed E-state index contributed by atoms with van der Waals surface area (Å²) in [6.07, 6.45) is -11.1. The van der Waals surface area contributed by atoms with Crippen molar-refractivity contribution in [2.24, 2.45) is 0 Å². The summed E-state index contributed by atoms with van der Waals surface area (Å²) in [7, 11) is 0. The van der Waals surface area contributed by atoms with Crippen LogP contribution in [0.1, 0.15) is 6.92 Å². The number of alkyl halides is 6. The molecule has 0 rings (SSSR count). The van der Waals surface area contributed by atoms with Crippen LogP contribution in [0.4, 0.5) is 26.3 Å². The first-order chi connectivity index (χ1) is 7.51. The van der Waals surface area contributed by atoms with Gasteiger partial charge in [-0.25, -0.2) is 4.79 Å². The number of rotatable bonds is 5. The Morgan fingerprint density at radius 3 is 1.94 bits per heavy atom. The predicted molar refractivity (Wildman–Crippen MR) is 39.6 cm³/mol. The molecule has 0 amide bonds. The van der Waals surface area contributed by atoms with Crippen molar-refractivity contribution >= 4 is 5.97 Å². The lowest BCUT2D eigenvalue weighted by atomic mass is 10.4.